The molecule has 1 fully saturated rings. The van der Waals surface area contributed by atoms with Crippen molar-refractivity contribution < 1.29 is 9.59 Å². The summed E-state index contributed by atoms with van der Waals surface area (Å²) in [6.07, 6.45) is 1.38. The van der Waals surface area contributed by atoms with Gasteiger partial charge in [0.25, 0.3) is 0 Å². The molecule has 122 valence electrons. The number of carbonyl (C=O) groups is 2. The van der Waals surface area contributed by atoms with Gasteiger partial charge in [-0.3, -0.25) is 9.59 Å². The molecule has 2 aliphatic heterocycles. The highest BCUT2D eigenvalue weighted by Gasteiger charge is 2.46. The molecule has 4 heteroatoms. The minimum Gasteiger partial charge on any atom is -0.343 e. The fraction of sp³-hybridized carbons (Fsp3) is 0.300. The number of piperidine rings is 1. The van der Waals surface area contributed by atoms with Crippen molar-refractivity contribution in [2.45, 2.75) is 35.0 Å². The SMILES string of the molecule is CC(=O)N1CCC2(CC1)C(=O)c1ccccc1Sc1ccccc12. The van der Waals surface area contributed by atoms with Crippen molar-refractivity contribution in [3.63, 3.8) is 0 Å². The number of rotatable bonds is 0. The first-order valence-electron chi connectivity index (χ1n) is 8.28. The fourth-order valence-corrected chi connectivity index (χ4v) is 5.07. The summed E-state index contributed by atoms with van der Waals surface area (Å²) in [5.41, 5.74) is 1.43. The van der Waals surface area contributed by atoms with E-state index in [9.17, 15) is 9.59 Å². The Kier molecular flexibility index (Phi) is 3.72. The van der Waals surface area contributed by atoms with Gasteiger partial charge < -0.3 is 4.90 Å². The fourth-order valence-electron chi connectivity index (χ4n) is 3.89. The number of ketones is 1. The molecular weight excluding hydrogens is 318 g/mol. The Morgan fingerprint density at radius 2 is 1.62 bits per heavy atom. The molecule has 0 N–H and O–H groups in total. The second-order valence-corrected chi connectivity index (χ2v) is 7.60. The van der Waals surface area contributed by atoms with Crippen LogP contribution < -0.4 is 0 Å². The van der Waals surface area contributed by atoms with Crippen molar-refractivity contribution in [2.75, 3.05) is 13.1 Å². The smallest absolute Gasteiger partial charge is 0.219 e. The molecule has 1 amide bonds. The maximum absolute atomic E-state index is 13.5. The zero-order valence-electron chi connectivity index (χ0n) is 13.6. The van der Waals surface area contributed by atoms with Crippen LogP contribution in [0.3, 0.4) is 0 Å². The third kappa shape index (κ3) is 2.28. The lowest BCUT2D eigenvalue weighted by Crippen LogP contribution is -2.48. The predicted octanol–water partition coefficient (Wildman–Crippen LogP) is 3.91. The Labute approximate surface area is 146 Å². The number of hydrogen-bond donors (Lipinski definition) is 0. The first kappa shape index (κ1) is 15.5. The van der Waals surface area contributed by atoms with E-state index in [4.69, 9.17) is 0 Å². The third-order valence-electron chi connectivity index (χ3n) is 5.25. The van der Waals surface area contributed by atoms with E-state index < -0.39 is 5.41 Å². The number of fused-ring (bicyclic) bond motifs is 3. The zero-order valence-corrected chi connectivity index (χ0v) is 14.4. The summed E-state index contributed by atoms with van der Waals surface area (Å²) in [5.74, 6) is 0.299. The van der Waals surface area contributed by atoms with Crippen molar-refractivity contribution in [3.8, 4) is 0 Å². The van der Waals surface area contributed by atoms with E-state index in [0.29, 0.717) is 25.9 Å². The van der Waals surface area contributed by atoms with E-state index in [0.717, 1.165) is 20.9 Å². The van der Waals surface area contributed by atoms with Gasteiger partial charge in [-0.2, -0.15) is 0 Å². The zero-order chi connectivity index (χ0) is 16.7. The molecule has 0 aromatic heterocycles. The van der Waals surface area contributed by atoms with Gasteiger partial charge in [0.05, 0.1) is 5.41 Å². The average molecular weight is 337 g/mol. The van der Waals surface area contributed by atoms with Crippen LogP contribution in [0.2, 0.25) is 0 Å². The summed E-state index contributed by atoms with van der Waals surface area (Å²) in [5, 5.41) is 0. The number of nitrogens with zero attached hydrogens (tertiary/aromatic N) is 1. The maximum Gasteiger partial charge on any atom is 0.219 e. The van der Waals surface area contributed by atoms with Crippen molar-refractivity contribution in [1.82, 2.24) is 4.90 Å². The molecule has 2 heterocycles. The minimum atomic E-state index is -0.512. The van der Waals surface area contributed by atoms with Crippen LogP contribution in [0.15, 0.2) is 58.3 Å². The molecule has 2 aromatic carbocycles. The van der Waals surface area contributed by atoms with Crippen molar-refractivity contribution in [3.05, 3.63) is 59.7 Å². The normalized spacial score (nSPS) is 18.7. The van der Waals surface area contributed by atoms with Gasteiger partial charge in [-0.05, 0) is 30.5 Å². The lowest BCUT2D eigenvalue weighted by Gasteiger charge is -2.41. The summed E-state index contributed by atoms with van der Waals surface area (Å²) in [6, 6.07) is 16.1. The first-order chi connectivity index (χ1) is 11.6. The van der Waals surface area contributed by atoms with Gasteiger partial charge in [-0.1, -0.05) is 48.2 Å². The van der Waals surface area contributed by atoms with E-state index in [2.05, 4.69) is 12.1 Å². The Balaban J connectivity index is 1.86. The monoisotopic (exact) mass is 337 g/mol. The molecule has 1 spiro atoms. The van der Waals surface area contributed by atoms with Crippen LogP contribution in [0.5, 0.6) is 0 Å². The Morgan fingerprint density at radius 3 is 2.33 bits per heavy atom. The van der Waals surface area contributed by atoms with Crippen LogP contribution in [0.4, 0.5) is 0 Å². The summed E-state index contributed by atoms with van der Waals surface area (Å²) >= 11 is 1.68. The molecular formula is C20H19NO2S. The van der Waals surface area contributed by atoms with Gasteiger partial charge in [0, 0.05) is 35.4 Å². The number of Topliss-reactive ketones (excluding diaryl/α,β-unsaturated/α-hetero) is 1. The predicted molar refractivity (Wildman–Crippen MR) is 94.5 cm³/mol. The molecule has 0 aliphatic carbocycles. The number of amides is 1. The highest BCUT2D eigenvalue weighted by Crippen LogP contribution is 2.48. The minimum absolute atomic E-state index is 0.0916. The second-order valence-electron chi connectivity index (χ2n) is 6.51. The second kappa shape index (κ2) is 5.78. The largest absolute Gasteiger partial charge is 0.343 e. The number of likely N-dealkylation sites (tertiary alicyclic amines) is 1. The van der Waals surface area contributed by atoms with Crippen LogP contribution in [0, 0.1) is 0 Å². The number of hydrogen-bond acceptors (Lipinski definition) is 3. The summed E-state index contributed by atoms with van der Waals surface area (Å²) < 4.78 is 0. The molecule has 1 saturated heterocycles. The standard InChI is InChI=1S/C20H19NO2S/c1-14(22)21-12-10-20(11-13-21)16-7-3-5-9-18(16)24-17-8-4-2-6-15(17)19(20)23/h2-9H,10-13H2,1H3. The average Bonchev–Trinajstić information content (AvgIpc) is 2.70. The Morgan fingerprint density at radius 1 is 1.00 bits per heavy atom. The molecule has 4 rings (SSSR count). The molecule has 2 aliphatic rings. The van der Waals surface area contributed by atoms with Gasteiger partial charge in [-0.15, -0.1) is 0 Å². The van der Waals surface area contributed by atoms with Gasteiger partial charge in [0.1, 0.15) is 0 Å². The van der Waals surface area contributed by atoms with Crippen LogP contribution in [-0.2, 0) is 10.2 Å². The summed E-state index contributed by atoms with van der Waals surface area (Å²) in [6.45, 7) is 2.89. The summed E-state index contributed by atoms with van der Waals surface area (Å²) in [4.78, 5) is 29.3. The van der Waals surface area contributed by atoms with Gasteiger partial charge in [-0.25, -0.2) is 0 Å². The van der Waals surface area contributed by atoms with Gasteiger partial charge in [0.2, 0.25) is 5.91 Å². The molecule has 0 atom stereocenters. The lowest BCUT2D eigenvalue weighted by atomic mass is 9.68. The Hall–Kier alpha value is -2.07. The van der Waals surface area contributed by atoms with Crippen LogP contribution in [-0.4, -0.2) is 29.7 Å². The maximum atomic E-state index is 13.5. The first-order valence-corrected chi connectivity index (χ1v) is 9.10. The third-order valence-corrected chi connectivity index (χ3v) is 6.40. The van der Waals surface area contributed by atoms with Gasteiger partial charge >= 0.3 is 0 Å². The molecule has 3 nitrogen and oxygen atoms in total. The topological polar surface area (TPSA) is 37.4 Å². The molecule has 0 saturated carbocycles. The van der Waals surface area contributed by atoms with E-state index >= 15 is 0 Å². The summed E-state index contributed by atoms with van der Waals surface area (Å²) in [7, 11) is 0. The molecule has 0 bridgehead atoms. The van der Waals surface area contributed by atoms with Crippen molar-refractivity contribution in [1.29, 1.82) is 0 Å². The highest BCUT2D eigenvalue weighted by atomic mass is 32.2. The van der Waals surface area contributed by atoms with E-state index in [1.807, 2.05) is 41.3 Å². The van der Waals surface area contributed by atoms with Crippen LogP contribution in [0.25, 0.3) is 0 Å². The quantitative estimate of drug-likeness (QED) is 0.731. The molecule has 0 unspecified atom stereocenters. The number of benzene rings is 2. The Bertz CT molecular complexity index is 822. The van der Waals surface area contributed by atoms with Gasteiger partial charge in [0.15, 0.2) is 5.78 Å². The highest BCUT2D eigenvalue weighted by molar-refractivity contribution is 7.99. The lowest BCUT2D eigenvalue weighted by molar-refractivity contribution is -0.130. The van der Waals surface area contributed by atoms with Crippen molar-refractivity contribution in [2.24, 2.45) is 0 Å². The van der Waals surface area contributed by atoms with Crippen molar-refractivity contribution >= 4 is 23.5 Å². The number of carbonyl (C=O) groups excluding carboxylic acids is 2. The molecule has 24 heavy (non-hydrogen) atoms. The van der Waals surface area contributed by atoms with E-state index in [-0.39, 0.29) is 11.7 Å². The molecule has 0 radical (unpaired) electrons. The van der Waals surface area contributed by atoms with E-state index in [1.54, 1.807) is 18.7 Å². The van der Waals surface area contributed by atoms with Crippen LogP contribution >= 0.6 is 11.8 Å². The van der Waals surface area contributed by atoms with E-state index in [1.165, 1.54) is 0 Å². The van der Waals surface area contributed by atoms with Crippen LogP contribution in [0.1, 0.15) is 35.7 Å². The molecule has 2 aromatic rings.